The third-order valence-corrected chi connectivity index (χ3v) is 2.07. The summed E-state index contributed by atoms with van der Waals surface area (Å²) in [5, 5.41) is 3.07. The van der Waals surface area contributed by atoms with E-state index in [4.69, 9.17) is 4.74 Å². The summed E-state index contributed by atoms with van der Waals surface area (Å²) in [6, 6.07) is 0.769. The molecule has 0 bridgehead atoms. The zero-order chi connectivity index (χ0) is 9.97. The van der Waals surface area contributed by atoms with E-state index in [1.165, 1.54) is 0 Å². The van der Waals surface area contributed by atoms with Crippen molar-refractivity contribution in [1.29, 1.82) is 0 Å². The summed E-state index contributed by atoms with van der Waals surface area (Å²) in [7, 11) is 0. The van der Waals surface area contributed by atoms with Crippen molar-refractivity contribution in [3.8, 4) is 5.88 Å². The van der Waals surface area contributed by atoms with Crippen LogP contribution in [0.2, 0.25) is 0 Å². The molecule has 2 heterocycles. The van der Waals surface area contributed by atoms with E-state index in [0.717, 1.165) is 25.2 Å². The summed E-state index contributed by atoms with van der Waals surface area (Å²) >= 11 is 0. The number of aromatic nitrogens is 1. The molecule has 0 aromatic carbocycles. The number of ether oxygens (including phenoxy) is 1. The third-order valence-electron chi connectivity index (χ3n) is 2.07. The molecular weight excluding hydrogens is 190 g/mol. The molecular formula is C9H10F2N2O. The van der Waals surface area contributed by atoms with Gasteiger partial charge in [-0.25, -0.2) is 13.8 Å². The number of nitrogens with zero attached hydrogens (tertiary/aromatic N) is 1. The van der Waals surface area contributed by atoms with Crippen molar-refractivity contribution in [3.63, 3.8) is 0 Å². The summed E-state index contributed by atoms with van der Waals surface area (Å²) in [6.45, 7) is 1.53. The number of halogens is 2. The minimum Gasteiger partial charge on any atom is -0.471 e. The SMILES string of the molecule is Fc1cnc(O[C@@H]2CCNC2)c(F)c1. The van der Waals surface area contributed by atoms with Crippen LogP contribution in [0.4, 0.5) is 8.78 Å². The predicted molar refractivity (Wildman–Crippen MR) is 46.1 cm³/mol. The molecule has 0 radical (unpaired) electrons. The first-order valence-corrected chi connectivity index (χ1v) is 4.44. The van der Waals surface area contributed by atoms with Crippen molar-refractivity contribution in [1.82, 2.24) is 10.3 Å². The molecule has 1 atom stereocenters. The molecule has 5 heteroatoms. The second-order valence-corrected chi connectivity index (χ2v) is 3.17. The number of hydrogen-bond donors (Lipinski definition) is 1. The van der Waals surface area contributed by atoms with Gasteiger partial charge in [0.1, 0.15) is 11.9 Å². The van der Waals surface area contributed by atoms with Crippen LogP contribution in [0, 0.1) is 11.6 Å². The Morgan fingerprint density at radius 2 is 2.36 bits per heavy atom. The average molecular weight is 200 g/mol. The van der Waals surface area contributed by atoms with Gasteiger partial charge < -0.3 is 10.1 Å². The summed E-state index contributed by atoms with van der Waals surface area (Å²) in [5.41, 5.74) is 0. The second-order valence-electron chi connectivity index (χ2n) is 3.17. The molecule has 0 amide bonds. The van der Waals surface area contributed by atoms with Crippen LogP contribution >= 0.6 is 0 Å². The molecule has 2 rings (SSSR count). The van der Waals surface area contributed by atoms with Crippen molar-refractivity contribution in [2.75, 3.05) is 13.1 Å². The summed E-state index contributed by atoms with van der Waals surface area (Å²) < 4.78 is 30.8. The lowest BCUT2D eigenvalue weighted by molar-refractivity contribution is 0.202. The average Bonchev–Trinajstić information content (AvgIpc) is 2.62. The maximum absolute atomic E-state index is 13.1. The standard InChI is InChI=1S/C9H10F2N2O/c10-6-3-8(11)9(13-4-6)14-7-1-2-12-5-7/h3-4,7,12H,1-2,5H2/t7-/m1/s1. The van der Waals surface area contributed by atoms with Crippen LogP contribution in [0.3, 0.4) is 0 Å². The van der Waals surface area contributed by atoms with Crippen LogP contribution < -0.4 is 10.1 Å². The molecule has 1 saturated heterocycles. The fourth-order valence-corrected chi connectivity index (χ4v) is 1.38. The highest BCUT2D eigenvalue weighted by atomic mass is 19.1. The van der Waals surface area contributed by atoms with Crippen LogP contribution in [-0.2, 0) is 0 Å². The topological polar surface area (TPSA) is 34.1 Å². The van der Waals surface area contributed by atoms with Crippen LogP contribution in [0.15, 0.2) is 12.3 Å². The maximum Gasteiger partial charge on any atom is 0.250 e. The Labute approximate surface area is 80.1 Å². The zero-order valence-electron chi connectivity index (χ0n) is 7.46. The lowest BCUT2D eigenvalue weighted by Crippen LogP contribution is -2.20. The molecule has 1 aromatic heterocycles. The first kappa shape index (κ1) is 9.33. The van der Waals surface area contributed by atoms with Gasteiger partial charge in [0.15, 0.2) is 5.82 Å². The highest BCUT2D eigenvalue weighted by Crippen LogP contribution is 2.17. The third kappa shape index (κ3) is 1.98. The lowest BCUT2D eigenvalue weighted by atomic mass is 10.3. The van der Waals surface area contributed by atoms with E-state index in [9.17, 15) is 8.78 Å². The predicted octanol–water partition coefficient (Wildman–Crippen LogP) is 1.10. The van der Waals surface area contributed by atoms with Gasteiger partial charge in [0.05, 0.1) is 6.20 Å². The van der Waals surface area contributed by atoms with Gasteiger partial charge in [-0.3, -0.25) is 0 Å². The van der Waals surface area contributed by atoms with Gasteiger partial charge in [-0.1, -0.05) is 0 Å². The van der Waals surface area contributed by atoms with E-state index < -0.39 is 11.6 Å². The molecule has 0 aliphatic carbocycles. The highest BCUT2D eigenvalue weighted by molar-refractivity contribution is 5.14. The van der Waals surface area contributed by atoms with Crippen LogP contribution in [-0.4, -0.2) is 24.2 Å². The molecule has 1 fully saturated rings. The fraction of sp³-hybridized carbons (Fsp3) is 0.444. The van der Waals surface area contributed by atoms with Crippen molar-refractivity contribution in [2.24, 2.45) is 0 Å². The van der Waals surface area contributed by atoms with Crippen LogP contribution in [0.5, 0.6) is 5.88 Å². The lowest BCUT2D eigenvalue weighted by Gasteiger charge is -2.11. The van der Waals surface area contributed by atoms with Gasteiger partial charge in [-0.15, -0.1) is 0 Å². The Balaban J connectivity index is 2.08. The minimum absolute atomic E-state index is 0.0672. The summed E-state index contributed by atoms with van der Waals surface area (Å²) in [4.78, 5) is 3.54. The molecule has 0 saturated carbocycles. The Bertz CT molecular complexity index is 327. The van der Waals surface area contributed by atoms with Gasteiger partial charge in [0.25, 0.3) is 5.88 Å². The minimum atomic E-state index is -0.753. The molecule has 1 aliphatic rings. The van der Waals surface area contributed by atoms with Crippen molar-refractivity contribution in [3.05, 3.63) is 23.9 Å². The first-order chi connectivity index (χ1) is 6.75. The monoisotopic (exact) mass is 200 g/mol. The van der Waals surface area contributed by atoms with Gasteiger partial charge in [-0.05, 0) is 13.0 Å². The Hall–Kier alpha value is -1.23. The molecule has 1 aromatic rings. The number of nitrogens with one attached hydrogen (secondary N) is 1. The second kappa shape index (κ2) is 3.88. The molecule has 76 valence electrons. The number of pyridine rings is 1. The van der Waals surface area contributed by atoms with Crippen LogP contribution in [0.25, 0.3) is 0 Å². The quantitative estimate of drug-likeness (QED) is 0.776. The van der Waals surface area contributed by atoms with Crippen molar-refractivity contribution >= 4 is 0 Å². The van der Waals surface area contributed by atoms with Crippen molar-refractivity contribution < 1.29 is 13.5 Å². The Morgan fingerprint density at radius 1 is 1.50 bits per heavy atom. The molecule has 1 aliphatic heterocycles. The molecule has 14 heavy (non-hydrogen) atoms. The van der Waals surface area contributed by atoms with Gasteiger partial charge in [0.2, 0.25) is 0 Å². The molecule has 0 unspecified atom stereocenters. The summed E-state index contributed by atoms with van der Waals surface area (Å²) in [5.74, 6) is -1.57. The Morgan fingerprint density at radius 3 is 3.00 bits per heavy atom. The highest BCUT2D eigenvalue weighted by Gasteiger charge is 2.18. The number of hydrogen-bond acceptors (Lipinski definition) is 3. The van der Waals surface area contributed by atoms with Gasteiger partial charge >= 0.3 is 0 Å². The first-order valence-electron chi connectivity index (χ1n) is 4.44. The van der Waals surface area contributed by atoms with Gasteiger partial charge in [0, 0.05) is 12.6 Å². The van der Waals surface area contributed by atoms with Crippen LogP contribution in [0.1, 0.15) is 6.42 Å². The van der Waals surface area contributed by atoms with E-state index >= 15 is 0 Å². The van der Waals surface area contributed by atoms with E-state index in [1.807, 2.05) is 0 Å². The van der Waals surface area contributed by atoms with Crippen molar-refractivity contribution in [2.45, 2.75) is 12.5 Å². The maximum atomic E-state index is 13.1. The van der Waals surface area contributed by atoms with E-state index in [-0.39, 0.29) is 12.0 Å². The summed E-state index contributed by atoms with van der Waals surface area (Å²) in [6.07, 6.45) is 1.70. The van der Waals surface area contributed by atoms with Gasteiger partial charge in [-0.2, -0.15) is 0 Å². The number of rotatable bonds is 2. The Kier molecular flexibility index (Phi) is 2.58. The smallest absolute Gasteiger partial charge is 0.250 e. The molecule has 1 N–H and O–H groups in total. The largest absolute Gasteiger partial charge is 0.471 e. The molecule has 0 spiro atoms. The fourth-order valence-electron chi connectivity index (χ4n) is 1.38. The normalized spacial score (nSPS) is 21.1. The zero-order valence-corrected chi connectivity index (χ0v) is 7.46. The van der Waals surface area contributed by atoms with E-state index in [0.29, 0.717) is 6.54 Å². The van der Waals surface area contributed by atoms with E-state index in [1.54, 1.807) is 0 Å². The molecule has 3 nitrogen and oxygen atoms in total. The van der Waals surface area contributed by atoms with E-state index in [2.05, 4.69) is 10.3 Å².